The van der Waals surface area contributed by atoms with Crippen LogP contribution in [0.4, 0.5) is 0 Å². The third-order valence-electron chi connectivity index (χ3n) is 3.24. The van der Waals surface area contributed by atoms with Crippen LogP contribution in [0.2, 0.25) is 0 Å². The fourth-order valence-electron chi connectivity index (χ4n) is 2.40. The van der Waals surface area contributed by atoms with Crippen molar-refractivity contribution in [3.8, 4) is 11.4 Å². The summed E-state index contributed by atoms with van der Waals surface area (Å²) >= 11 is 5.07. The zero-order valence-corrected chi connectivity index (χ0v) is 12.0. The van der Waals surface area contributed by atoms with E-state index in [4.69, 9.17) is 22.9 Å². The Kier molecular flexibility index (Phi) is 3.24. The normalized spacial score (nSPS) is 10.8. The van der Waals surface area contributed by atoms with Crippen LogP contribution in [0.25, 0.3) is 22.4 Å². The van der Waals surface area contributed by atoms with E-state index in [2.05, 4.69) is 29.7 Å². The molecule has 0 aliphatic heterocycles. The number of aryl methyl sites for hydroxylation is 1. The lowest BCUT2D eigenvalue weighted by Gasteiger charge is -2.08. The van der Waals surface area contributed by atoms with Gasteiger partial charge in [-0.05, 0) is 25.1 Å². The topological polar surface area (TPSA) is 43.8 Å². The third-order valence-corrected chi connectivity index (χ3v) is 3.37. The second kappa shape index (κ2) is 5.06. The number of hydrogen-bond donors (Lipinski definition) is 1. The van der Waals surface area contributed by atoms with Crippen LogP contribution in [0.15, 0.2) is 48.5 Å². The number of imidazole rings is 1. The number of aromatic nitrogens is 2. The molecule has 0 amide bonds. The summed E-state index contributed by atoms with van der Waals surface area (Å²) in [5, 5.41) is 0. The van der Waals surface area contributed by atoms with Crippen molar-refractivity contribution in [3.05, 3.63) is 54.1 Å². The molecule has 3 rings (SSSR count). The van der Waals surface area contributed by atoms with Gasteiger partial charge in [0.15, 0.2) is 0 Å². The number of hydrogen-bond acceptors (Lipinski definition) is 2. The van der Waals surface area contributed by atoms with Gasteiger partial charge in [-0.1, -0.05) is 48.1 Å². The summed E-state index contributed by atoms with van der Waals surface area (Å²) < 4.78 is 2.08. The summed E-state index contributed by atoms with van der Waals surface area (Å²) in [6.45, 7) is 2.57. The summed E-state index contributed by atoms with van der Waals surface area (Å²) in [5.74, 6) is 0.905. The van der Waals surface area contributed by atoms with Gasteiger partial charge in [-0.15, -0.1) is 0 Å². The molecule has 1 heterocycles. The molecule has 0 spiro atoms. The number of thiocarbonyl (C=S) groups is 1. The zero-order valence-electron chi connectivity index (χ0n) is 11.2. The highest BCUT2D eigenvalue weighted by Crippen LogP contribution is 2.25. The molecular formula is C16H15N3S. The van der Waals surface area contributed by atoms with Crippen LogP contribution in [0.5, 0.6) is 0 Å². The predicted molar refractivity (Wildman–Crippen MR) is 86.7 cm³/mol. The number of nitrogens with two attached hydrogens (primary N) is 1. The van der Waals surface area contributed by atoms with Crippen molar-refractivity contribution in [2.24, 2.45) is 5.73 Å². The van der Waals surface area contributed by atoms with Gasteiger partial charge in [0.2, 0.25) is 0 Å². The average molecular weight is 281 g/mol. The zero-order chi connectivity index (χ0) is 14.1. The molecule has 1 aromatic heterocycles. The van der Waals surface area contributed by atoms with Crippen molar-refractivity contribution in [3.63, 3.8) is 0 Å². The number of nitrogens with zero attached hydrogens (tertiary/aromatic N) is 2. The van der Waals surface area contributed by atoms with E-state index in [9.17, 15) is 0 Å². The van der Waals surface area contributed by atoms with Crippen LogP contribution in [0.3, 0.4) is 0 Å². The molecule has 0 radical (unpaired) electrons. The van der Waals surface area contributed by atoms with Crippen LogP contribution in [0, 0.1) is 6.92 Å². The Morgan fingerprint density at radius 2 is 2.00 bits per heavy atom. The minimum atomic E-state index is 0.460. The van der Waals surface area contributed by atoms with Gasteiger partial charge in [0, 0.05) is 5.56 Å². The molecule has 0 saturated carbocycles. The number of para-hydroxylation sites is 2. The van der Waals surface area contributed by atoms with Crippen LogP contribution < -0.4 is 5.73 Å². The molecule has 20 heavy (non-hydrogen) atoms. The maximum atomic E-state index is 5.73. The molecule has 2 aromatic carbocycles. The molecule has 0 aliphatic rings. The first-order chi connectivity index (χ1) is 9.65. The Morgan fingerprint density at radius 1 is 1.20 bits per heavy atom. The molecule has 0 aliphatic carbocycles. The largest absolute Gasteiger partial charge is 0.392 e. The maximum Gasteiger partial charge on any atom is 0.141 e. The summed E-state index contributed by atoms with van der Waals surface area (Å²) in [7, 11) is 0. The Morgan fingerprint density at radius 3 is 2.75 bits per heavy atom. The van der Waals surface area contributed by atoms with Crippen molar-refractivity contribution in [2.75, 3.05) is 0 Å². The van der Waals surface area contributed by atoms with Gasteiger partial charge in [-0.2, -0.15) is 0 Å². The summed E-state index contributed by atoms with van der Waals surface area (Å²) in [6.07, 6.45) is 0. The van der Waals surface area contributed by atoms with E-state index in [-0.39, 0.29) is 0 Å². The summed E-state index contributed by atoms with van der Waals surface area (Å²) in [4.78, 5) is 5.19. The van der Waals surface area contributed by atoms with Gasteiger partial charge in [0.1, 0.15) is 5.82 Å². The van der Waals surface area contributed by atoms with E-state index >= 15 is 0 Å². The Hall–Kier alpha value is -2.20. The van der Waals surface area contributed by atoms with Crippen molar-refractivity contribution >= 4 is 28.2 Å². The smallest absolute Gasteiger partial charge is 0.141 e. The SMILES string of the molecule is Cc1cccc(-c2nc3ccccc3n2CC(N)=S)c1. The van der Waals surface area contributed by atoms with E-state index in [1.54, 1.807) is 0 Å². The van der Waals surface area contributed by atoms with Crippen molar-refractivity contribution < 1.29 is 0 Å². The lowest BCUT2D eigenvalue weighted by atomic mass is 10.1. The quantitative estimate of drug-likeness (QED) is 0.749. The summed E-state index contributed by atoms with van der Waals surface area (Å²) in [6, 6.07) is 16.3. The Bertz CT molecular complexity index is 789. The van der Waals surface area contributed by atoms with Crippen LogP contribution >= 0.6 is 12.2 Å². The maximum absolute atomic E-state index is 5.73. The van der Waals surface area contributed by atoms with Crippen molar-refractivity contribution in [1.82, 2.24) is 9.55 Å². The molecule has 100 valence electrons. The fourth-order valence-corrected chi connectivity index (χ4v) is 2.53. The molecular weight excluding hydrogens is 266 g/mol. The number of benzene rings is 2. The van der Waals surface area contributed by atoms with Gasteiger partial charge in [-0.3, -0.25) is 0 Å². The molecule has 0 atom stereocenters. The second-order valence-corrected chi connectivity index (χ2v) is 5.37. The number of fused-ring (bicyclic) bond motifs is 1. The minimum Gasteiger partial charge on any atom is -0.392 e. The second-order valence-electron chi connectivity index (χ2n) is 4.85. The van der Waals surface area contributed by atoms with Crippen LogP contribution in [0.1, 0.15) is 5.56 Å². The predicted octanol–water partition coefficient (Wildman–Crippen LogP) is 3.30. The highest BCUT2D eigenvalue weighted by Gasteiger charge is 2.12. The van der Waals surface area contributed by atoms with E-state index in [1.807, 2.05) is 30.3 Å². The fraction of sp³-hybridized carbons (Fsp3) is 0.125. The molecule has 0 fully saturated rings. The number of rotatable bonds is 3. The first-order valence-corrected chi connectivity index (χ1v) is 6.86. The first kappa shape index (κ1) is 12.8. The monoisotopic (exact) mass is 281 g/mol. The molecule has 4 heteroatoms. The van der Waals surface area contributed by atoms with E-state index in [0.717, 1.165) is 22.4 Å². The van der Waals surface area contributed by atoms with E-state index in [1.165, 1.54) is 5.56 Å². The molecule has 0 unspecified atom stereocenters. The van der Waals surface area contributed by atoms with Crippen molar-refractivity contribution in [1.29, 1.82) is 0 Å². The first-order valence-electron chi connectivity index (χ1n) is 6.46. The van der Waals surface area contributed by atoms with Gasteiger partial charge < -0.3 is 10.3 Å². The Labute approximate surface area is 123 Å². The molecule has 0 bridgehead atoms. The molecule has 2 N–H and O–H groups in total. The lowest BCUT2D eigenvalue weighted by molar-refractivity contribution is 0.895. The molecule has 3 nitrogen and oxygen atoms in total. The lowest BCUT2D eigenvalue weighted by Crippen LogP contribution is -2.17. The third kappa shape index (κ3) is 2.30. The van der Waals surface area contributed by atoms with Gasteiger partial charge in [0.05, 0.1) is 22.6 Å². The highest BCUT2D eigenvalue weighted by molar-refractivity contribution is 7.80. The highest BCUT2D eigenvalue weighted by atomic mass is 32.1. The standard InChI is InChI=1S/C16H15N3S/c1-11-5-4-6-12(9-11)16-18-13-7-2-3-8-14(13)19(16)10-15(17)20/h2-9H,10H2,1H3,(H2,17,20). The van der Waals surface area contributed by atoms with Gasteiger partial charge in [-0.25, -0.2) is 4.98 Å². The Balaban J connectivity index is 2.26. The molecule has 0 saturated heterocycles. The van der Waals surface area contributed by atoms with Crippen molar-refractivity contribution in [2.45, 2.75) is 13.5 Å². The molecule has 3 aromatic rings. The van der Waals surface area contributed by atoms with Gasteiger partial charge in [0.25, 0.3) is 0 Å². The van der Waals surface area contributed by atoms with Crippen LogP contribution in [-0.4, -0.2) is 14.5 Å². The van der Waals surface area contributed by atoms with Gasteiger partial charge >= 0.3 is 0 Å². The van der Waals surface area contributed by atoms with Crippen LogP contribution in [-0.2, 0) is 6.54 Å². The van der Waals surface area contributed by atoms with E-state index in [0.29, 0.717) is 11.5 Å². The summed E-state index contributed by atoms with van der Waals surface area (Å²) in [5.41, 5.74) is 10.0. The average Bonchev–Trinajstić information content (AvgIpc) is 2.77. The minimum absolute atomic E-state index is 0.460. The van der Waals surface area contributed by atoms with E-state index < -0.39 is 0 Å².